The number of fused-ring (bicyclic) bond motifs is 1. The van der Waals surface area contributed by atoms with Crippen LogP contribution in [0.25, 0.3) is 0 Å². The van der Waals surface area contributed by atoms with Gasteiger partial charge in [0.2, 0.25) is 0 Å². The molecule has 2 rings (SSSR count). The van der Waals surface area contributed by atoms with Crippen LogP contribution in [0.15, 0.2) is 0 Å². The number of hydrogen-bond donors (Lipinski definition) is 0. The molecule has 0 saturated heterocycles. The highest BCUT2D eigenvalue weighted by molar-refractivity contribution is 7.09. The van der Waals surface area contributed by atoms with Gasteiger partial charge in [-0.1, -0.05) is 20.8 Å². The summed E-state index contributed by atoms with van der Waals surface area (Å²) in [6, 6.07) is 0. The first kappa shape index (κ1) is 8.97. The van der Waals surface area contributed by atoms with E-state index in [1.54, 1.807) is 0 Å². The average molecular weight is 186 g/mol. The summed E-state index contributed by atoms with van der Waals surface area (Å²) >= 11 is 0. The summed E-state index contributed by atoms with van der Waals surface area (Å²) < 4.78 is 5.18. The monoisotopic (exact) mass is 186 g/mol. The topological polar surface area (TPSA) is 9.23 Å². The fourth-order valence-electron chi connectivity index (χ4n) is 3.81. The van der Waals surface area contributed by atoms with E-state index in [1.165, 1.54) is 12.8 Å². The third kappa shape index (κ3) is 0.873. The van der Waals surface area contributed by atoms with E-state index in [-0.39, 0.29) is 0 Å². The van der Waals surface area contributed by atoms with E-state index >= 15 is 0 Å². The summed E-state index contributed by atoms with van der Waals surface area (Å²) in [5.41, 5.74) is 1.20. The van der Waals surface area contributed by atoms with Crippen LogP contribution in [0.5, 0.6) is 0 Å². The van der Waals surface area contributed by atoms with E-state index in [0.717, 1.165) is 18.4 Å². The standard InChI is InChI=1S/C10H19OP/c1-7-4-9(2)8(6-11-12)10(9,3)5-7/h7-8H,4-6,12H2,1-3H3/t7?,8?,9-,10+. The highest BCUT2D eigenvalue weighted by atomic mass is 31.0. The van der Waals surface area contributed by atoms with Gasteiger partial charge in [0, 0.05) is 9.47 Å². The molecule has 3 unspecified atom stereocenters. The first-order valence-corrected chi connectivity index (χ1v) is 5.33. The van der Waals surface area contributed by atoms with E-state index in [4.69, 9.17) is 4.52 Å². The third-order valence-corrected chi connectivity index (χ3v) is 4.76. The lowest BCUT2D eigenvalue weighted by molar-refractivity contribution is 0.274. The van der Waals surface area contributed by atoms with Crippen LogP contribution in [-0.2, 0) is 4.52 Å². The van der Waals surface area contributed by atoms with Crippen molar-refractivity contribution in [1.82, 2.24) is 0 Å². The van der Waals surface area contributed by atoms with Crippen LogP contribution in [0.4, 0.5) is 0 Å². The Labute approximate surface area is 77.5 Å². The predicted octanol–water partition coefficient (Wildman–Crippen LogP) is 2.87. The number of hydrogen-bond acceptors (Lipinski definition) is 1. The maximum Gasteiger partial charge on any atom is 0.0541 e. The molecular weight excluding hydrogens is 167 g/mol. The molecule has 0 bridgehead atoms. The molecule has 0 aromatic heterocycles. The minimum atomic E-state index is 0.600. The van der Waals surface area contributed by atoms with Crippen molar-refractivity contribution in [2.24, 2.45) is 22.7 Å². The number of rotatable bonds is 2. The zero-order chi connectivity index (χ0) is 8.98. The molecule has 0 heterocycles. The molecule has 2 aliphatic rings. The van der Waals surface area contributed by atoms with E-state index < -0.39 is 0 Å². The van der Waals surface area contributed by atoms with Gasteiger partial charge in [0.25, 0.3) is 0 Å². The largest absolute Gasteiger partial charge is 0.365 e. The zero-order valence-corrected chi connectivity index (χ0v) is 9.42. The molecule has 0 aliphatic heterocycles. The van der Waals surface area contributed by atoms with Crippen LogP contribution < -0.4 is 0 Å². The van der Waals surface area contributed by atoms with Gasteiger partial charge in [0.05, 0.1) is 6.61 Å². The van der Waals surface area contributed by atoms with Crippen LogP contribution >= 0.6 is 9.47 Å². The Morgan fingerprint density at radius 1 is 1.33 bits per heavy atom. The first-order chi connectivity index (χ1) is 5.54. The minimum Gasteiger partial charge on any atom is -0.365 e. The Balaban J connectivity index is 2.09. The lowest BCUT2D eigenvalue weighted by Gasteiger charge is -2.13. The molecule has 0 amide bonds. The maximum absolute atomic E-state index is 5.18. The molecule has 70 valence electrons. The SMILES string of the molecule is CC1C[C@@]2(C)C(COP)[C@@]2(C)C1. The first-order valence-electron chi connectivity index (χ1n) is 4.86. The van der Waals surface area contributed by atoms with Gasteiger partial charge in [-0.15, -0.1) is 0 Å². The molecule has 2 fully saturated rings. The Kier molecular flexibility index (Phi) is 1.83. The van der Waals surface area contributed by atoms with Gasteiger partial charge >= 0.3 is 0 Å². The summed E-state index contributed by atoms with van der Waals surface area (Å²) in [6.07, 6.45) is 2.81. The van der Waals surface area contributed by atoms with Crippen LogP contribution in [0.1, 0.15) is 33.6 Å². The van der Waals surface area contributed by atoms with Crippen molar-refractivity contribution in [3.63, 3.8) is 0 Å². The Morgan fingerprint density at radius 2 is 1.83 bits per heavy atom. The normalized spacial score (nSPS) is 57.0. The molecule has 0 radical (unpaired) electrons. The molecule has 2 heteroatoms. The fraction of sp³-hybridized carbons (Fsp3) is 1.00. The van der Waals surface area contributed by atoms with Gasteiger partial charge in [-0.05, 0) is 35.5 Å². The Bertz CT molecular complexity index is 188. The van der Waals surface area contributed by atoms with Gasteiger partial charge in [0.15, 0.2) is 0 Å². The van der Waals surface area contributed by atoms with Crippen molar-refractivity contribution >= 4 is 9.47 Å². The van der Waals surface area contributed by atoms with Gasteiger partial charge in [0.1, 0.15) is 0 Å². The van der Waals surface area contributed by atoms with Crippen molar-refractivity contribution in [3.05, 3.63) is 0 Å². The third-order valence-electron chi connectivity index (χ3n) is 4.57. The summed E-state index contributed by atoms with van der Waals surface area (Å²) in [5.74, 6) is 1.75. The fourth-order valence-corrected chi connectivity index (χ4v) is 4.00. The van der Waals surface area contributed by atoms with Crippen molar-refractivity contribution < 1.29 is 4.52 Å². The van der Waals surface area contributed by atoms with Crippen LogP contribution in [0.2, 0.25) is 0 Å². The van der Waals surface area contributed by atoms with E-state index in [0.29, 0.717) is 10.8 Å². The summed E-state index contributed by atoms with van der Waals surface area (Å²) in [5, 5.41) is 0. The maximum atomic E-state index is 5.18. The lowest BCUT2D eigenvalue weighted by Crippen LogP contribution is -2.06. The predicted molar refractivity (Wildman–Crippen MR) is 53.8 cm³/mol. The molecule has 1 nitrogen and oxygen atoms in total. The molecule has 0 aromatic carbocycles. The molecule has 12 heavy (non-hydrogen) atoms. The van der Waals surface area contributed by atoms with Gasteiger partial charge in [-0.2, -0.15) is 0 Å². The second-order valence-corrected chi connectivity index (χ2v) is 5.57. The highest BCUT2D eigenvalue weighted by Gasteiger charge is 2.73. The summed E-state index contributed by atoms with van der Waals surface area (Å²) in [4.78, 5) is 0. The highest BCUT2D eigenvalue weighted by Crippen LogP contribution is 2.78. The Morgan fingerprint density at radius 3 is 2.25 bits per heavy atom. The second kappa shape index (κ2) is 2.45. The minimum absolute atomic E-state index is 0.600. The van der Waals surface area contributed by atoms with E-state index in [2.05, 4.69) is 30.2 Å². The molecular formula is C10H19OP. The van der Waals surface area contributed by atoms with E-state index in [1.807, 2.05) is 0 Å². The molecule has 0 aromatic rings. The second-order valence-electron chi connectivity index (χ2n) is 5.23. The molecule has 2 aliphatic carbocycles. The van der Waals surface area contributed by atoms with Crippen molar-refractivity contribution in [2.45, 2.75) is 33.6 Å². The van der Waals surface area contributed by atoms with Crippen LogP contribution in [-0.4, -0.2) is 6.61 Å². The zero-order valence-electron chi connectivity index (χ0n) is 8.26. The molecule has 0 spiro atoms. The van der Waals surface area contributed by atoms with Gasteiger partial charge in [-0.3, -0.25) is 0 Å². The average Bonchev–Trinajstić information content (AvgIpc) is 2.30. The molecule has 2 saturated carbocycles. The van der Waals surface area contributed by atoms with Gasteiger partial charge < -0.3 is 4.52 Å². The van der Waals surface area contributed by atoms with Crippen LogP contribution in [0.3, 0.4) is 0 Å². The van der Waals surface area contributed by atoms with E-state index in [9.17, 15) is 0 Å². The van der Waals surface area contributed by atoms with Gasteiger partial charge in [-0.25, -0.2) is 0 Å². The summed E-state index contributed by atoms with van der Waals surface area (Å²) in [7, 11) is 2.37. The molecule has 0 N–H and O–H groups in total. The quantitative estimate of drug-likeness (QED) is 0.602. The van der Waals surface area contributed by atoms with Crippen LogP contribution in [0, 0.1) is 22.7 Å². The van der Waals surface area contributed by atoms with Crippen molar-refractivity contribution in [2.75, 3.05) is 6.61 Å². The molecule has 5 atom stereocenters. The van der Waals surface area contributed by atoms with Crippen molar-refractivity contribution in [1.29, 1.82) is 0 Å². The Hall–Kier alpha value is 0.390. The smallest absolute Gasteiger partial charge is 0.0541 e. The van der Waals surface area contributed by atoms with Crippen molar-refractivity contribution in [3.8, 4) is 0 Å². The summed E-state index contributed by atoms with van der Waals surface area (Å²) in [6.45, 7) is 8.18. The lowest BCUT2D eigenvalue weighted by atomic mass is 9.95.